The molecule has 4 unspecified atom stereocenters. The summed E-state index contributed by atoms with van der Waals surface area (Å²) in [6.07, 6.45) is 11.2. The minimum atomic E-state index is -0.296. The zero-order chi connectivity index (χ0) is 18.1. The fourth-order valence-electron chi connectivity index (χ4n) is 4.60. The van der Waals surface area contributed by atoms with E-state index in [2.05, 4.69) is 13.8 Å². The van der Waals surface area contributed by atoms with Crippen molar-refractivity contribution in [2.45, 2.75) is 84.5 Å². The molecule has 0 radical (unpaired) electrons. The van der Waals surface area contributed by atoms with Gasteiger partial charge in [-0.15, -0.1) is 0 Å². The van der Waals surface area contributed by atoms with Gasteiger partial charge in [-0.3, -0.25) is 9.59 Å². The van der Waals surface area contributed by atoms with Crippen molar-refractivity contribution in [1.82, 2.24) is 0 Å². The van der Waals surface area contributed by atoms with E-state index in [1.54, 1.807) is 0 Å². The number of ether oxygens (including phenoxy) is 2. The lowest BCUT2D eigenvalue weighted by atomic mass is 9.78. The molecule has 0 amide bonds. The van der Waals surface area contributed by atoms with Gasteiger partial charge in [0, 0.05) is 0 Å². The van der Waals surface area contributed by atoms with E-state index in [1.807, 2.05) is 0 Å². The molecule has 0 heterocycles. The molecule has 2 fully saturated rings. The zero-order valence-electron chi connectivity index (χ0n) is 16.1. The van der Waals surface area contributed by atoms with E-state index in [0.29, 0.717) is 25.0 Å². The van der Waals surface area contributed by atoms with Gasteiger partial charge in [0.15, 0.2) is 0 Å². The molecule has 2 bridgehead atoms. The first-order chi connectivity index (χ1) is 12.2. The van der Waals surface area contributed by atoms with Crippen molar-refractivity contribution in [2.24, 2.45) is 23.7 Å². The van der Waals surface area contributed by atoms with E-state index < -0.39 is 0 Å². The van der Waals surface area contributed by atoms with Crippen molar-refractivity contribution >= 4 is 11.9 Å². The summed E-state index contributed by atoms with van der Waals surface area (Å²) in [5, 5.41) is 0. The molecule has 25 heavy (non-hydrogen) atoms. The number of unbranched alkanes of at least 4 members (excludes halogenated alkanes) is 4. The number of rotatable bonds is 12. The van der Waals surface area contributed by atoms with E-state index in [4.69, 9.17) is 9.47 Å². The van der Waals surface area contributed by atoms with Crippen LogP contribution < -0.4 is 0 Å². The number of carbonyl (C=O) groups is 2. The average molecular weight is 353 g/mol. The molecule has 2 saturated carbocycles. The molecular weight excluding hydrogens is 316 g/mol. The van der Waals surface area contributed by atoms with Gasteiger partial charge < -0.3 is 9.47 Å². The minimum Gasteiger partial charge on any atom is -0.466 e. The third kappa shape index (κ3) is 6.31. The fraction of sp³-hybridized carbons (Fsp3) is 0.905. The molecule has 0 spiro atoms. The Morgan fingerprint density at radius 1 is 0.920 bits per heavy atom. The highest BCUT2D eigenvalue weighted by Crippen LogP contribution is 2.51. The quantitative estimate of drug-likeness (QED) is 0.370. The van der Waals surface area contributed by atoms with Crippen LogP contribution >= 0.6 is 0 Å². The smallest absolute Gasteiger partial charge is 0.309 e. The van der Waals surface area contributed by atoms with Gasteiger partial charge in [0.1, 0.15) is 0 Å². The maximum absolute atomic E-state index is 12.7. The van der Waals surface area contributed by atoms with Crippen molar-refractivity contribution in [1.29, 1.82) is 0 Å². The summed E-state index contributed by atoms with van der Waals surface area (Å²) in [5.41, 5.74) is 0. The monoisotopic (exact) mass is 352 g/mol. The Hall–Kier alpha value is -1.06. The van der Waals surface area contributed by atoms with Crippen LogP contribution in [0.5, 0.6) is 0 Å². The van der Waals surface area contributed by atoms with Crippen molar-refractivity contribution in [2.75, 3.05) is 13.2 Å². The van der Waals surface area contributed by atoms with Crippen molar-refractivity contribution in [3.05, 3.63) is 0 Å². The first-order valence-corrected chi connectivity index (χ1v) is 10.5. The highest BCUT2D eigenvalue weighted by atomic mass is 16.5. The average Bonchev–Trinajstić information content (AvgIpc) is 3.23. The third-order valence-corrected chi connectivity index (χ3v) is 6.00. The summed E-state index contributed by atoms with van der Waals surface area (Å²) in [5.74, 6) is 0.988. The van der Waals surface area contributed by atoms with Crippen LogP contribution in [0.2, 0.25) is 0 Å². The third-order valence-electron chi connectivity index (χ3n) is 6.00. The van der Waals surface area contributed by atoms with E-state index in [-0.39, 0.29) is 24.3 Å². The van der Waals surface area contributed by atoms with E-state index in [0.717, 1.165) is 50.9 Å². The van der Waals surface area contributed by atoms with Crippen molar-refractivity contribution in [3.63, 3.8) is 0 Å². The molecule has 0 aromatic heterocycles. The molecular formula is C21H36O4. The van der Waals surface area contributed by atoms with Gasteiger partial charge in [-0.2, -0.15) is 0 Å². The molecule has 4 heteroatoms. The molecule has 144 valence electrons. The summed E-state index contributed by atoms with van der Waals surface area (Å²) in [4.78, 5) is 24.9. The molecule has 2 aliphatic rings. The summed E-state index contributed by atoms with van der Waals surface area (Å²) in [7, 11) is 0. The lowest BCUT2D eigenvalue weighted by Crippen LogP contribution is -2.32. The first kappa shape index (κ1) is 20.3. The molecule has 0 N–H and O–H groups in total. The maximum atomic E-state index is 12.7. The molecule has 4 atom stereocenters. The van der Waals surface area contributed by atoms with Crippen LogP contribution in [0, 0.1) is 23.7 Å². The van der Waals surface area contributed by atoms with E-state index in [9.17, 15) is 9.59 Å². The predicted molar refractivity (Wildman–Crippen MR) is 98.0 cm³/mol. The van der Waals surface area contributed by atoms with Crippen molar-refractivity contribution < 1.29 is 19.1 Å². The van der Waals surface area contributed by atoms with Crippen LogP contribution in [-0.2, 0) is 19.1 Å². The van der Waals surface area contributed by atoms with Gasteiger partial charge in [0.25, 0.3) is 0 Å². The Bertz CT molecular complexity index is 420. The van der Waals surface area contributed by atoms with Crippen LogP contribution in [0.25, 0.3) is 0 Å². The number of esters is 2. The van der Waals surface area contributed by atoms with E-state index in [1.165, 1.54) is 19.3 Å². The summed E-state index contributed by atoms with van der Waals surface area (Å²) in [6, 6.07) is 0. The largest absolute Gasteiger partial charge is 0.466 e. The van der Waals surface area contributed by atoms with Gasteiger partial charge in [-0.1, -0.05) is 46.0 Å². The Labute approximate surface area is 153 Å². The molecule has 0 aliphatic heterocycles. The number of carbonyl (C=O) groups excluding carboxylic acids is 2. The Balaban J connectivity index is 1.85. The Morgan fingerprint density at radius 3 is 2.16 bits per heavy atom. The summed E-state index contributed by atoms with van der Waals surface area (Å²) >= 11 is 0. The number of hydrogen-bond acceptors (Lipinski definition) is 4. The zero-order valence-corrected chi connectivity index (χ0v) is 16.1. The lowest BCUT2D eigenvalue weighted by molar-refractivity contribution is -0.158. The first-order valence-electron chi connectivity index (χ1n) is 10.5. The highest BCUT2D eigenvalue weighted by molar-refractivity contribution is 5.80. The van der Waals surface area contributed by atoms with Gasteiger partial charge in [0.05, 0.1) is 25.6 Å². The van der Waals surface area contributed by atoms with Crippen LogP contribution in [-0.4, -0.2) is 25.2 Å². The van der Waals surface area contributed by atoms with Crippen LogP contribution in [0.1, 0.15) is 84.5 Å². The van der Waals surface area contributed by atoms with Crippen LogP contribution in [0.15, 0.2) is 0 Å². The maximum Gasteiger partial charge on any atom is 0.309 e. The Morgan fingerprint density at radius 2 is 1.60 bits per heavy atom. The van der Waals surface area contributed by atoms with Gasteiger partial charge in [0.2, 0.25) is 0 Å². The SMILES string of the molecule is CCCCCOC(=O)CC(C(=O)OCCCCC)C1CC2CCC1C2. The summed E-state index contributed by atoms with van der Waals surface area (Å²) < 4.78 is 10.9. The second kappa shape index (κ2) is 10.8. The van der Waals surface area contributed by atoms with Gasteiger partial charge in [-0.05, 0) is 49.9 Å². The number of fused-ring (bicyclic) bond motifs is 2. The molecule has 0 aromatic carbocycles. The van der Waals surface area contributed by atoms with Gasteiger partial charge >= 0.3 is 11.9 Å². The van der Waals surface area contributed by atoms with Gasteiger partial charge in [-0.25, -0.2) is 0 Å². The molecule has 0 aromatic rings. The normalized spacial score (nSPS) is 25.8. The standard InChI is InChI=1S/C21H36O4/c1-3-5-7-11-24-20(22)15-19(21(23)25-12-8-6-4-2)18-14-16-9-10-17(18)13-16/h16-19H,3-15H2,1-2H3. The number of hydrogen-bond donors (Lipinski definition) is 0. The predicted octanol–water partition coefficient (Wildman–Crippen LogP) is 4.90. The summed E-state index contributed by atoms with van der Waals surface area (Å²) in [6.45, 7) is 5.22. The lowest BCUT2D eigenvalue weighted by Gasteiger charge is -2.28. The topological polar surface area (TPSA) is 52.6 Å². The Kier molecular flexibility index (Phi) is 8.77. The van der Waals surface area contributed by atoms with Crippen LogP contribution in [0.4, 0.5) is 0 Å². The van der Waals surface area contributed by atoms with Crippen molar-refractivity contribution in [3.8, 4) is 0 Å². The van der Waals surface area contributed by atoms with Crippen LogP contribution in [0.3, 0.4) is 0 Å². The second-order valence-electron chi connectivity index (χ2n) is 7.95. The molecule has 2 aliphatic carbocycles. The van der Waals surface area contributed by atoms with E-state index >= 15 is 0 Å². The fourth-order valence-corrected chi connectivity index (χ4v) is 4.60. The second-order valence-corrected chi connectivity index (χ2v) is 7.95. The molecule has 0 saturated heterocycles. The molecule has 2 rings (SSSR count). The molecule has 4 nitrogen and oxygen atoms in total. The highest BCUT2D eigenvalue weighted by Gasteiger charge is 2.46. The minimum absolute atomic E-state index is 0.167.